The average molecular weight is 266 g/mol. The van der Waals surface area contributed by atoms with Crippen LogP contribution in [0.3, 0.4) is 0 Å². The van der Waals surface area contributed by atoms with Crippen molar-refractivity contribution in [2.75, 3.05) is 11.9 Å². The molecule has 0 spiro atoms. The highest BCUT2D eigenvalue weighted by Crippen LogP contribution is 2.04. The van der Waals surface area contributed by atoms with Crippen LogP contribution in [0.5, 0.6) is 0 Å². The van der Waals surface area contributed by atoms with Crippen molar-refractivity contribution >= 4 is 17.7 Å². The summed E-state index contributed by atoms with van der Waals surface area (Å²) < 4.78 is 0. The lowest BCUT2D eigenvalue weighted by Gasteiger charge is -2.07. The minimum absolute atomic E-state index is 0.187. The van der Waals surface area contributed by atoms with Gasteiger partial charge in [-0.3, -0.25) is 0 Å². The van der Waals surface area contributed by atoms with Gasteiger partial charge < -0.3 is 15.5 Å². The van der Waals surface area contributed by atoms with Crippen molar-refractivity contribution in [2.45, 2.75) is 25.7 Å². The van der Waals surface area contributed by atoms with Crippen molar-refractivity contribution in [3.63, 3.8) is 0 Å². The van der Waals surface area contributed by atoms with Gasteiger partial charge in [-0.1, -0.05) is 24.6 Å². The number of hydrogen-bond donors (Lipinski definition) is 3. The van der Waals surface area contributed by atoms with Crippen LogP contribution >= 0.6 is 0 Å². The standard InChI is InChI=1S/C13H18N2O4/c16-12(19-18)9-5-2-6-10-14-13(17)15-11-7-3-1-4-8-11/h1,3-4,7-8,18H,2,5-6,9-10H2,(H2,14,15,17). The average Bonchev–Trinajstić information content (AvgIpc) is 2.43. The summed E-state index contributed by atoms with van der Waals surface area (Å²) in [5.74, 6) is -0.630. The number of rotatable bonds is 7. The molecule has 3 N–H and O–H groups in total. The molecule has 19 heavy (non-hydrogen) atoms. The predicted octanol–water partition coefficient (Wildman–Crippen LogP) is 2.38. The lowest BCUT2D eigenvalue weighted by Crippen LogP contribution is -2.29. The molecule has 0 bridgehead atoms. The molecule has 0 saturated carbocycles. The minimum atomic E-state index is -0.630. The van der Waals surface area contributed by atoms with E-state index >= 15 is 0 Å². The number of benzene rings is 1. The van der Waals surface area contributed by atoms with E-state index in [2.05, 4.69) is 15.5 Å². The molecule has 0 aliphatic heterocycles. The molecule has 1 aromatic carbocycles. The second kappa shape index (κ2) is 8.93. The number of amides is 2. The molecule has 6 heteroatoms. The molecule has 2 amide bonds. The number of unbranched alkanes of at least 4 members (excludes halogenated alkanes) is 2. The van der Waals surface area contributed by atoms with Gasteiger partial charge in [0.05, 0.1) is 0 Å². The Labute approximate surface area is 111 Å². The van der Waals surface area contributed by atoms with Crippen LogP contribution in [0.1, 0.15) is 25.7 Å². The first kappa shape index (κ1) is 15.0. The smallest absolute Gasteiger partial charge is 0.338 e. The molecule has 0 saturated heterocycles. The molecule has 0 aromatic heterocycles. The number of nitrogens with one attached hydrogen (secondary N) is 2. The van der Waals surface area contributed by atoms with E-state index in [1.807, 2.05) is 18.2 Å². The summed E-state index contributed by atoms with van der Waals surface area (Å²) in [7, 11) is 0. The van der Waals surface area contributed by atoms with Gasteiger partial charge in [0, 0.05) is 18.7 Å². The van der Waals surface area contributed by atoms with E-state index < -0.39 is 5.97 Å². The summed E-state index contributed by atoms with van der Waals surface area (Å²) in [6, 6.07) is 8.92. The van der Waals surface area contributed by atoms with Crippen molar-refractivity contribution in [3.8, 4) is 0 Å². The first-order valence-electron chi connectivity index (χ1n) is 6.16. The predicted molar refractivity (Wildman–Crippen MR) is 70.7 cm³/mol. The van der Waals surface area contributed by atoms with Crippen LogP contribution < -0.4 is 10.6 Å². The fraction of sp³-hybridized carbons (Fsp3) is 0.385. The Hall–Kier alpha value is -2.08. The zero-order valence-electron chi connectivity index (χ0n) is 10.6. The molecular formula is C13H18N2O4. The van der Waals surface area contributed by atoms with E-state index in [-0.39, 0.29) is 12.5 Å². The highest BCUT2D eigenvalue weighted by Gasteiger charge is 2.02. The van der Waals surface area contributed by atoms with Gasteiger partial charge >= 0.3 is 12.0 Å². The first-order chi connectivity index (χ1) is 9.22. The third-order valence-corrected chi connectivity index (χ3v) is 2.48. The van der Waals surface area contributed by atoms with Gasteiger partial charge in [0.1, 0.15) is 0 Å². The van der Waals surface area contributed by atoms with Gasteiger partial charge in [0.15, 0.2) is 0 Å². The Morgan fingerprint density at radius 3 is 2.53 bits per heavy atom. The second-order valence-electron chi connectivity index (χ2n) is 4.02. The van der Waals surface area contributed by atoms with Crippen LogP contribution in [-0.2, 0) is 9.68 Å². The van der Waals surface area contributed by atoms with Gasteiger partial charge in [0.2, 0.25) is 0 Å². The molecule has 0 unspecified atom stereocenters. The number of carbonyl (C=O) groups excluding carboxylic acids is 2. The molecular weight excluding hydrogens is 248 g/mol. The van der Waals surface area contributed by atoms with Crippen LogP contribution in [-0.4, -0.2) is 23.8 Å². The molecule has 0 aliphatic rings. The number of urea groups is 1. The molecule has 0 radical (unpaired) electrons. The number of hydrogen-bond acceptors (Lipinski definition) is 4. The molecule has 0 aliphatic carbocycles. The van der Waals surface area contributed by atoms with Crippen molar-refractivity contribution in [2.24, 2.45) is 0 Å². The summed E-state index contributed by atoms with van der Waals surface area (Å²) in [4.78, 5) is 25.6. The van der Waals surface area contributed by atoms with Gasteiger partial charge in [-0.05, 0) is 25.0 Å². The fourth-order valence-electron chi connectivity index (χ4n) is 1.52. The fourth-order valence-corrected chi connectivity index (χ4v) is 1.52. The van der Waals surface area contributed by atoms with Crippen molar-refractivity contribution in [1.29, 1.82) is 0 Å². The van der Waals surface area contributed by atoms with E-state index in [0.717, 1.165) is 18.5 Å². The molecule has 6 nitrogen and oxygen atoms in total. The lowest BCUT2D eigenvalue weighted by atomic mass is 10.2. The molecule has 1 aromatic rings. The summed E-state index contributed by atoms with van der Waals surface area (Å²) in [6.07, 6.45) is 2.36. The molecule has 1 rings (SSSR count). The Kier molecular flexibility index (Phi) is 7.04. The summed E-state index contributed by atoms with van der Waals surface area (Å²) in [5.41, 5.74) is 0.741. The van der Waals surface area contributed by atoms with Crippen LogP contribution in [0.15, 0.2) is 30.3 Å². The van der Waals surface area contributed by atoms with E-state index in [4.69, 9.17) is 5.26 Å². The summed E-state index contributed by atoms with van der Waals surface area (Å²) in [5, 5.41) is 13.5. The van der Waals surface area contributed by atoms with E-state index in [1.165, 1.54) is 0 Å². The van der Waals surface area contributed by atoms with E-state index in [1.54, 1.807) is 12.1 Å². The quantitative estimate of drug-likeness (QED) is 0.401. The van der Waals surface area contributed by atoms with Crippen LogP contribution in [0, 0.1) is 0 Å². The molecule has 0 fully saturated rings. The van der Waals surface area contributed by atoms with Gasteiger partial charge in [-0.2, -0.15) is 5.26 Å². The van der Waals surface area contributed by atoms with Crippen molar-refractivity contribution in [1.82, 2.24) is 5.32 Å². The second-order valence-corrected chi connectivity index (χ2v) is 4.02. The SMILES string of the molecule is O=C(NCCCCCC(=O)OO)Nc1ccccc1. The Morgan fingerprint density at radius 2 is 1.84 bits per heavy atom. The van der Waals surface area contributed by atoms with E-state index in [9.17, 15) is 9.59 Å². The van der Waals surface area contributed by atoms with Gasteiger partial charge in [-0.15, -0.1) is 0 Å². The Morgan fingerprint density at radius 1 is 1.11 bits per heavy atom. The third kappa shape index (κ3) is 7.05. The highest BCUT2D eigenvalue weighted by atomic mass is 17.1. The Balaban J connectivity index is 2.03. The van der Waals surface area contributed by atoms with Crippen molar-refractivity contribution < 1.29 is 19.7 Å². The largest absolute Gasteiger partial charge is 0.342 e. The Bertz CT molecular complexity index is 395. The number of anilines is 1. The minimum Gasteiger partial charge on any atom is -0.338 e. The normalized spacial score (nSPS) is 9.74. The first-order valence-corrected chi connectivity index (χ1v) is 6.16. The summed E-state index contributed by atoms with van der Waals surface area (Å²) >= 11 is 0. The number of carbonyl (C=O) groups is 2. The van der Waals surface area contributed by atoms with Crippen LogP contribution in [0.25, 0.3) is 0 Å². The van der Waals surface area contributed by atoms with Crippen LogP contribution in [0.4, 0.5) is 10.5 Å². The van der Waals surface area contributed by atoms with Crippen LogP contribution in [0.2, 0.25) is 0 Å². The zero-order chi connectivity index (χ0) is 13.9. The lowest BCUT2D eigenvalue weighted by molar-refractivity contribution is -0.234. The van der Waals surface area contributed by atoms with E-state index in [0.29, 0.717) is 13.0 Å². The molecule has 104 valence electrons. The van der Waals surface area contributed by atoms with Crippen molar-refractivity contribution in [3.05, 3.63) is 30.3 Å². The summed E-state index contributed by atoms with van der Waals surface area (Å²) in [6.45, 7) is 0.535. The molecule has 0 atom stereocenters. The number of para-hydroxylation sites is 1. The zero-order valence-corrected chi connectivity index (χ0v) is 10.6. The molecule has 0 heterocycles. The van der Waals surface area contributed by atoms with Gasteiger partial charge in [-0.25, -0.2) is 9.59 Å². The topological polar surface area (TPSA) is 87.7 Å². The maximum absolute atomic E-state index is 11.5. The maximum Gasteiger partial charge on any atom is 0.342 e. The maximum atomic E-state index is 11.5. The monoisotopic (exact) mass is 266 g/mol. The van der Waals surface area contributed by atoms with Gasteiger partial charge in [0.25, 0.3) is 0 Å². The third-order valence-electron chi connectivity index (χ3n) is 2.48. The highest BCUT2D eigenvalue weighted by molar-refractivity contribution is 5.89.